The van der Waals surface area contributed by atoms with Gasteiger partial charge < -0.3 is 9.73 Å². The molecule has 4 heteroatoms. The van der Waals surface area contributed by atoms with E-state index in [1.807, 2.05) is 13.8 Å². The van der Waals surface area contributed by atoms with Crippen LogP contribution in [0.5, 0.6) is 0 Å². The molecule has 0 fully saturated rings. The number of benzene rings is 1. The highest BCUT2D eigenvalue weighted by atomic mass is 32.2. The van der Waals surface area contributed by atoms with Crippen LogP contribution in [0.15, 0.2) is 38.8 Å². The van der Waals surface area contributed by atoms with Crippen LogP contribution in [-0.2, 0) is 0 Å². The molecule has 108 valence electrons. The summed E-state index contributed by atoms with van der Waals surface area (Å²) in [5.41, 5.74) is 2.29. The molecule has 0 aliphatic heterocycles. The van der Waals surface area contributed by atoms with E-state index in [1.165, 1.54) is 5.56 Å². The topological polar surface area (TPSA) is 38.1 Å². The van der Waals surface area contributed by atoms with Crippen molar-refractivity contribution in [2.75, 3.05) is 6.54 Å². The zero-order chi connectivity index (χ0) is 14.5. The fourth-order valence-electron chi connectivity index (χ4n) is 2.10. The molecule has 0 bridgehead atoms. The van der Waals surface area contributed by atoms with Gasteiger partial charge in [0.25, 0.3) is 5.22 Å². The van der Waals surface area contributed by atoms with E-state index < -0.39 is 0 Å². The van der Waals surface area contributed by atoms with Crippen molar-refractivity contribution in [1.29, 1.82) is 0 Å². The van der Waals surface area contributed by atoms with Crippen molar-refractivity contribution in [2.45, 2.75) is 50.3 Å². The monoisotopic (exact) mass is 290 g/mol. The van der Waals surface area contributed by atoms with Gasteiger partial charge in [0, 0.05) is 10.9 Å². The Labute approximate surface area is 125 Å². The first-order valence-corrected chi connectivity index (χ1v) is 7.90. The van der Waals surface area contributed by atoms with E-state index in [-0.39, 0.29) is 0 Å². The van der Waals surface area contributed by atoms with Crippen molar-refractivity contribution in [2.24, 2.45) is 0 Å². The van der Waals surface area contributed by atoms with Gasteiger partial charge in [-0.15, -0.1) is 0 Å². The minimum Gasteiger partial charge on any atom is -0.436 e. The van der Waals surface area contributed by atoms with Crippen molar-refractivity contribution in [3.63, 3.8) is 0 Å². The zero-order valence-electron chi connectivity index (χ0n) is 12.6. The molecule has 1 aromatic heterocycles. The number of aryl methyl sites for hydroxylation is 2. The van der Waals surface area contributed by atoms with Gasteiger partial charge in [-0.1, -0.05) is 26.0 Å². The van der Waals surface area contributed by atoms with Gasteiger partial charge in [-0.25, -0.2) is 4.98 Å². The Balaban J connectivity index is 2.07. The van der Waals surface area contributed by atoms with E-state index in [9.17, 15) is 0 Å². The number of nitrogens with zero attached hydrogens (tertiary/aromatic N) is 1. The van der Waals surface area contributed by atoms with Crippen LogP contribution in [-0.4, -0.2) is 11.5 Å². The molecule has 1 heterocycles. The molecule has 0 spiro atoms. The van der Waals surface area contributed by atoms with E-state index in [1.54, 1.807) is 11.8 Å². The molecular formula is C16H22N2OS. The van der Waals surface area contributed by atoms with Crippen LogP contribution in [0.3, 0.4) is 0 Å². The summed E-state index contributed by atoms with van der Waals surface area (Å²) in [7, 11) is 0. The molecule has 0 radical (unpaired) electrons. The summed E-state index contributed by atoms with van der Waals surface area (Å²) >= 11 is 1.57. The second-order valence-electron chi connectivity index (χ2n) is 4.81. The Morgan fingerprint density at radius 2 is 1.90 bits per heavy atom. The quantitative estimate of drug-likeness (QED) is 0.850. The van der Waals surface area contributed by atoms with Gasteiger partial charge in [0.1, 0.15) is 5.76 Å². The molecule has 1 N–H and O–H groups in total. The van der Waals surface area contributed by atoms with Crippen LogP contribution < -0.4 is 5.32 Å². The number of nitrogens with one attached hydrogen (secondary N) is 1. The van der Waals surface area contributed by atoms with E-state index in [4.69, 9.17) is 4.42 Å². The van der Waals surface area contributed by atoms with E-state index in [2.05, 4.69) is 48.4 Å². The Hall–Kier alpha value is -1.26. The van der Waals surface area contributed by atoms with Crippen molar-refractivity contribution in [1.82, 2.24) is 10.3 Å². The summed E-state index contributed by atoms with van der Waals surface area (Å²) < 4.78 is 5.60. The first-order valence-electron chi connectivity index (χ1n) is 7.09. The maximum Gasteiger partial charge on any atom is 0.260 e. The van der Waals surface area contributed by atoms with Crippen LogP contribution in [0.1, 0.15) is 43.3 Å². The number of aromatic nitrogens is 1. The van der Waals surface area contributed by atoms with Gasteiger partial charge in [-0.05, 0) is 56.3 Å². The zero-order valence-corrected chi connectivity index (χ0v) is 13.4. The Morgan fingerprint density at radius 3 is 2.40 bits per heavy atom. The summed E-state index contributed by atoms with van der Waals surface area (Å²) in [6.07, 6.45) is 1.10. The van der Waals surface area contributed by atoms with E-state index >= 15 is 0 Å². The number of rotatable bonds is 6. The predicted molar refractivity (Wildman–Crippen MR) is 83.3 cm³/mol. The third-order valence-corrected chi connectivity index (χ3v) is 4.21. The van der Waals surface area contributed by atoms with Gasteiger partial charge >= 0.3 is 0 Å². The number of hydrogen-bond donors (Lipinski definition) is 1. The highest BCUT2D eigenvalue weighted by molar-refractivity contribution is 7.99. The normalized spacial score (nSPS) is 12.6. The maximum absolute atomic E-state index is 5.60. The first kappa shape index (κ1) is 15.1. The summed E-state index contributed by atoms with van der Waals surface area (Å²) in [6, 6.07) is 9.07. The largest absolute Gasteiger partial charge is 0.436 e. The van der Waals surface area contributed by atoms with Gasteiger partial charge in [0.2, 0.25) is 0 Å². The minimum absolute atomic E-state index is 0.435. The number of hydrogen-bond acceptors (Lipinski definition) is 4. The molecule has 1 aromatic carbocycles. The minimum atomic E-state index is 0.435. The van der Waals surface area contributed by atoms with Gasteiger partial charge in [0.05, 0.1) is 5.69 Å². The molecular weight excluding hydrogens is 268 g/mol. The molecule has 20 heavy (non-hydrogen) atoms. The molecule has 0 saturated carbocycles. The highest BCUT2D eigenvalue weighted by Gasteiger charge is 2.10. The van der Waals surface area contributed by atoms with E-state index in [0.29, 0.717) is 11.3 Å². The van der Waals surface area contributed by atoms with Crippen molar-refractivity contribution in [3.05, 3.63) is 41.3 Å². The van der Waals surface area contributed by atoms with Gasteiger partial charge in [-0.2, -0.15) is 0 Å². The Kier molecular flexibility index (Phi) is 5.26. The summed E-state index contributed by atoms with van der Waals surface area (Å²) in [6.45, 7) is 9.24. The van der Waals surface area contributed by atoms with E-state index in [0.717, 1.165) is 29.3 Å². The molecule has 2 rings (SSSR count). The molecule has 0 aliphatic carbocycles. The molecule has 0 amide bonds. The second kappa shape index (κ2) is 6.95. The fourth-order valence-corrected chi connectivity index (χ4v) is 2.92. The fraction of sp³-hybridized carbons (Fsp3) is 0.438. The summed E-state index contributed by atoms with van der Waals surface area (Å²) in [5.74, 6) is 0.891. The SMILES string of the molecule is CCNC(CC)c1ccc(Sc2nc(C)c(C)o2)cc1. The first-order chi connectivity index (χ1) is 9.63. The summed E-state index contributed by atoms with van der Waals surface area (Å²) in [4.78, 5) is 5.55. The maximum atomic E-state index is 5.60. The lowest BCUT2D eigenvalue weighted by Crippen LogP contribution is -2.19. The molecule has 0 saturated heterocycles. The molecule has 3 nitrogen and oxygen atoms in total. The lowest BCUT2D eigenvalue weighted by atomic mass is 10.1. The van der Waals surface area contributed by atoms with Crippen molar-refractivity contribution >= 4 is 11.8 Å². The van der Waals surface area contributed by atoms with Crippen molar-refractivity contribution in [3.8, 4) is 0 Å². The Bertz CT molecular complexity index is 529. The average molecular weight is 290 g/mol. The molecule has 1 atom stereocenters. The van der Waals surface area contributed by atoms with Crippen LogP contribution in [0.2, 0.25) is 0 Å². The summed E-state index contributed by atoms with van der Waals surface area (Å²) in [5, 5.41) is 4.21. The van der Waals surface area contributed by atoms with Gasteiger partial charge in [-0.3, -0.25) is 0 Å². The lowest BCUT2D eigenvalue weighted by Gasteiger charge is -2.16. The molecule has 1 unspecified atom stereocenters. The second-order valence-corrected chi connectivity index (χ2v) is 5.84. The van der Waals surface area contributed by atoms with Crippen LogP contribution in [0.25, 0.3) is 0 Å². The molecule has 0 aliphatic rings. The highest BCUT2D eigenvalue weighted by Crippen LogP contribution is 2.29. The third kappa shape index (κ3) is 3.64. The average Bonchev–Trinajstić information content (AvgIpc) is 2.76. The van der Waals surface area contributed by atoms with Crippen molar-refractivity contribution < 1.29 is 4.42 Å². The van der Waals surface area contributed by atoms with Crippen LogP contribution in [0, 0.1) is 13.8 Å². The lowest BCUT2D eigenvalue weighted by molar-refractivity contribution is 0.431. The Morgan fingerprint density at radius 1 is 1.20 bits per heavy atom. The van der Waals surface area contributed by atoms with Crippen LogP contribution in [0.4, 0.5) is 0 Å². The third-order valence-electron chi connectivity index (χ3n) is 3.36. The smallest absolute Gasteiger partial charge is 0.260 e. The standard InChI is InChI=1S/C16H22N2OS/c1-5-15(17-6-2)13-7-9-14(10-8-13)20-16-18-11(3)12(4)19-16/h7-10,15,17H,5-6H2,1-4H3. The number of oxazole rings is 1. The van der Waals surface area contributed by atoms with Gasteiger partial charge in [0.15, 0.2) is 0 Å². The molecule has 2 aromatic rings. The predicted octanol–water partition coefficient (Wildman–Crippen LogP) is 4.50. The van der Waals surface area contributed by atoms with Crippen LogP contribution >= 0.6 is 11.8 Å².